The van der Waals surface area contributed by atoms with Gasteiger partial charge in [-0.2, -0.15) is 0 Å². The fourth-order valence-corrected chi connectivity index (χ4v) is 3.34. The summed E-state index contributed by atoms with van der Waals surface area (Å²) in [6.45, 7) is 8.11. The molecule has 3 heteroatoms. The number of likely N-dealkylation sites (tertiary alicyclic amines) is 1. The van der Waals surface area contributed by atoms with Crippen LogP contribution in [0.4, 0.5) is 5.69 Å². The molecule has 1 fully saturated rings. The molecule has 1 aliphatic heterocycles. The number of anilines is 1. The highest BCUT2D eigenvalue weighted by molar-refractivity contribution is 9.10. The van der Waals surface area contributed by atoms with Crippen molar-refractivity contribution in [1.29, 1.82) is 0 Å². The second kappa shape index (κ2) is 6.76. The van der Waals surface area contributed by atoms with Crippen molar-refractivity contribution in [2.75, 3.05) is 18.8 Å². The second-order valence-corrected chi connectivity index (χ2v) is 6.97. The van der Waals surface area contributed by atoms with Crippen LogP contribution in [-0.2, 0) is 6.54 Å². The molecule has 1 aromatic carbocycles. The molecule has 1 unspecified atom stereocenters. The number of hydrogen-bond donors (Lipinski definition) is 1. The first-order chi connectivity index (χ1) is 9.06. The SMILES string of the molecule is CC(C)C1CCCN(Cc2ccc(Br)cc2N)CC1. The Morgan fingerprint density at radius 2 is 2.11 bits per heavy atom. The third-order valence-electron chi connectivity index (χ3n) is 4.31. The Labute approximate surface area is 125 Å². The van der Waals surface area contributed by atoms with Crippen molar-refractivity contribution in [1.82, 2.24) is 4.90 Å². The van der Waals surface area contributed by atoms with Gasteiger partial charge in [0.15, 0.2) is 0 Å². The van der Waals surface area contributed by atoms with Crippen molar-refractivity contribution in [3.63, 3.8) is 0 Å². The number of nitrogen functional groups attached to an aromatic ring is 1. The molecule has 0 aliphatic carbocycles. The summed E-state index contributed by atoms with van der Waals surface area (Å²) in [5, 5.41) is 0. The van der Waals surface area contributed by atoms with E-state index in [1.54, 1.807) is 0 Å². The van der Waals surface area contributed by atoms with Crippen molar-refractivity contribution in [3.05, 3.63) is 28.2 Å². The summed E-state index contributed by atoms with van der Waals surface area (Å²) in [5.74, 6) is 1.71. The number of nitrogens with zero attached hydrogens (tertiary/aromatic N) is 1. The quantitative estimate of drug-likeness (QED) is 0.840. The smallest absolute Gasteiger partial charge is 0.0371 e. The van der Waals surface area contributed by atoms with Crippen LogP contribution in [0.25, 0.3) is 0 Å². The first kappa shape index (κ1) is 14.9. The lowest BCUT2D eigenvalue weighted by Crippen LogP contribution is -2.25. The molecular weight excluding hydrogens is 300 g/mol. The highest BCUT2D eigenvalue weighted by atomic mass is 79.9. The molecule has 0 bridgehead atoms. The van der Waals surface area contributed by atoms with Crippen molar-refractivity contribution in [2.45, 2.75) is 39.7 Å². The molecule has 0 radical (unpaired) electrons. The van der Waals surface area contributed by atoms with E-state index in [1.807, 2.05) is 6.07 Å². The highest BCUT2D eigenvalue weighted by Crippen LogP contribution is 2.26. The first-order valence-corrected chi connectivity index (χ1v) is 8.12. The third-order valence-corrected chi connectivity index (χ3v) is 4.80. The maximum atomic E-state index is 6.10. The maximum Gasteiger partial charge on any atom is 0.0371 e. The fourth-order valence-electron chi connectivity index (χ4n) is 2.96. The Morgan fingerprint density at radius 3 is 2.79 bits per heavy atom. The minimum Gasteiger partial charge on any atom is -0.398 e. The zero-order valence-corrected chi connectivity index (χ0v) is 13.6. The Hall–Kier alpha value is -0.540. The molecule has 1 saturated heterocycles. The van der Waals surface area contributed by atoms with Crippen molar-refractivity contribution in [3.8, 4) is 0 Å². The minimum atomic E-state index is 0.817. The van der Waals surface area contributed by atoms with Crippen LogP contribution in [0.15, 0.2) is 22.7 Å². The molecule has 2 nitrogen and oxygen atoms in total. The van der Waals surface area contributed by atoms with Gasteiger partial charge < -0.3 is 5.73 Å². The van der Waals surface area contributed by atoms with Crippen molar-refractivity contribution < 1.29 is 0 Å². The highest BCUT2D eigenvalue weighted by Gasteiger charge is 2.19. The Kier molecular flexibility index (Phi) is 5.28. The first-order valence-electron chi connectivity index (χ1n) is 7.32. The van der Waals surface area contributed by atoms with Gasteiger partial charge in [-0.3, -0.25) is 4.90 Å². The molecule has 1 aliphatic rings. The molecule has 2 rings (SSSR count). The number of rotatable bonds is 3. The Bertz CT molecular complexity index is 417. The molecule has 0 saturated carbocycles. The predicted molar refractivity (Wildman–Crippen MR) is 86.0 cm³/mol. The predicted octanol–water partition coefficient (Wildman–Crippen LogP) is 4.29. The topological polar surface area (TPSA) is 29.3 Å². The normalized spacial score (nSPS) is 21.6. The van der Waals surface area contributed by atoms with E-state index in [0.717, 1.165) is 28.5 Å². The number of hydrogen-bond acceptors (Lipinski definition) is 2. The van der Waals surface area contributed by atoms with Crippen LogP contribution < -0.4 is 5.73 Å². The Morgan fingerprint density at radius 1 is 1.32 bits per heavy atom. The largest absolute Gasteiger partial charge is 0.398 e. The zero-order valence-electron chi connectivity index (χ0n) is 12.0. The van der Waals surface area contributed by atoms with E-state index < -0.39 is 0 Å². The lowest BCUT2D eigenvalue weighted by Gasteiger charge is -2.22. The van der Waals surface area contributed by atoms with Gasteiger partial charge >= 0.3 is 0 Å². The molecule has 19 heavy (non-hydrogen) atoms. The van der Waals surface area contributed by atoms with Crippen LogP contribution >= 0.6 is 15.9 Å². The summed E-state index contributed by atoms with van der Waals surface area (Å²) in [5.41, 5.74) is 8.25. The van der Waals surface area contributed by atoms with Gasteiger partial charge in [0.2, 0.25) is 0 Å². The van der Waals surface area contributed by atoms with E-state index in [4.69, 9.17) is 5.73 Å². The number of benzene rings is 1. The molecule has 106 valence electrons. The summed E-state index contributed by atoms with van der Waals surface area (Å²) in [6, 6.07) is 6.23. The molecule has 1 aromatic rings. The van der Waals surface area contributed by atoms with Gasteiger partial charge in [-0.25, -0.2) is 0 Å². The van der Waals surface area contributed by atoms with Gasteiger partial charge in [-0.05, 0) is 61.9 Å². The lowest BCUT2D eigenvalue weighted by atomic mass is 9.89. The van der Waals surface area contributed by atoms with Crippen LogP contribution in [0.1, 0.15) is 38.7 Å². The van der Waals surface area contributed by atoms with E-state index in [1.165, 1.54) is 37.9 Å². The molecule has 0 spiro atoms. The van der Waals surface area contributed by atoms with Crippen LogP contribution in [0.3, 0.4) is 0 Å². The number of nitrogens with two attached hydrogens (primary N) is 1. The Balaban J connectivity index is 1.96. The average molecular weight is 325 g/mol. The summed E-state index contributed by atoms with van der Waals surface area (Å²) >= 11 is 3.46. The summed E-state index contributed by atoms with van der Waals surface area (Å²) in [7, 11) is 0. The van der Waals surface area contributed by atoms with Crippen LogP contribution in [0, 0.1) is 11.8 Å². The van der Waals surface area contributed by atoms with Gasteiger partial charge in [0.25, 0.3) is 0 Å². The molecule has 2 N–H and O–H groups in total. The molecule has 1 heterocycles. The molecule has 1 atom stereocenters. The third kappa shape index (κ3) is 4.22. The monoisotopic (exact) mass is 324 g/mol. The summed E-state index contributed by atoms with van der Waals surface area (Å²) in [4.78, 5) is 2.56. The standard InChI is InChI=1S/C16H25BrN2/c1-12(2)13-4-3-8-19(9-7-13)11-14-5-6-15(17)10-16(14)18/h5-6,10,12-13H,3-4,7-9,11,18H2,1-2H3. The average Bonchev–Trinajstić information content (AvgIpc) is 2.58. The summed E-state index contributed by atoms with van der Waals surface area (Å²) < 4.78 is 1.06. The maximum absolute atomic E-state index is 6.10. The zero-order chi connectivity index (χ0) is 13.8. The minimum absolute atomic E-state index is 0.817. The van der Waals surface area contributed by atoms with Gasteiger partial charge in [0.05, 0.1) is 0 Å². The van der Waals surface area contributed by atoms with Gasteiger partial charge in [-0.15, -0.1) is 0 Å². The number of halogens is 1. The summed E-state index contributed by atoms with van der Waals surface area (Å²) in [6.07, 6.45) is 4.03. The van der Waals surface area contributed by atoms with Crippen molar-refractivity contribution >= 4 is 21.6 Å². The van der Waals surface area contributed by atoms with E-state index in [0.29, 0.717) is 0 Å². The molecular formula is C16H25BrN2. The van der Waals surface area contributed by atoms with Crippen molar-refractivity contribution in [2.24, 2.45) is 11.8 Å². The van der Waals surface area contributed by atoms with E-state index in [2.05, 4.69) is 46.8 Å². The fraction of sp³-hybridized carbons (Fsp3) is 0.625. The van der Waals surface area contributed by atoms with Gasteiger partial charge in [0, 0.05) is 16.7 Å². The van der Waals surface area contributed by atoms with Gasteiger partial charge in [-0.1, -0.05) is 35.8 Å². The van der Waals surface area contributed by atoms with E-state index in [9.17, 15) is 0 Å². The van der Waals surface area contributed by atoms with Crippen LogP contribution in [-0.4, -0.2) is 18.0 Å². The van der Waals surface area contributed by atoms with E-state index in [-0.39, 0.29) is 0 Å². The lowest BCUT2D eigenvalue weighted by molar-refractivity contribution is 0.265. The second-order valence-electron chi connectivity index (χ2n) is 6.05. The molecule has 0 aromatic heterocycles. The van der Waals surface area contributed by atoms with Crippen LogP contribution in [0.2, 0.25) is 0 Å². The molecule has 0 amide bonds. The van der Waals surface area contributed by atoms with E-state index >= 15 is 0 Å². The van der Waals surface area contributed by atoms with Gasteiger partial charge in [0.1, 0.15) is 0 Å². The van der Waals surface area contributed by atoms with Crippen LogP contribution in [0.5, 0.6) is 0 Å².